The van der Waals surface area contributed by atoms with Crippen molar-refractivity contribution in [2.45, 2.75) is 13.3 Å². The minimum Gasteiger partial charge on any atom is -0.496 e. The first-order valence-electron chi connectivity index (χ1n) is 7.31. The van der Waals surface area contributed by atoms with Gasteiger partial charge in [0.05, 0.1) is 12.7 Å². The normalized spacial score (nSPS) is 15.8. The summed E-state index contributed by atoms with van der Waals surface area (Å²) in [6.45, 7) is 6.00. The largest absolute Gasteiger partial charge is 0.496 e. The van der Waals surface area contributed by atoms with Crippen molar-refractivity contribution in [2.75, 3.05) is 38.2 Å². The van der Waals surface area contributed by atoms with Crippen molar-refractivity contribution in [3.8, 4) is 17.1 Å². The summed E-state index contributed by atoms with van der Waals surface area (Å²) in [5, 5.41) is 10.8. The molecule has 0 bridgehead atoms. The molecule has 1 aliphatic rings. The number of aromatic amines is 1. The van der Waals surface area contributed by atoms with Crippen LogP contribution >= 0.6 is 0 Å². The Morgan fingerprint density at radius 3 is 3.00 bits per heavy atom. The Hall–Kier alpha value is -2.08. The lowest BCUT2D eigenvalue weighted by molar-refractivity contribution is 0.416. The lowest BCUT2D eigenvalue weighted by Gasteiger charge is -2.16. The average Bonchev–Trinajstić information content (AvgIpc) is 2.83. The third-order valence-electron chi connectivity index (χ3n) is 3.71. The quantitative estimate of drug-likeness (QED) is 0.897. The first-order chi connectivity index (χ1) is 10.3. The number of aromatic nitrogens is 3. The number of methoxy groups -OCH3 is 1. The first kappa shape index (κ1) is 13.9. The predicted molar refractivity (Wildman–Crippen MR) is 82.8 cm³/mol. The molecule has 0 amide bonds. The molecule has 2 N–H and O–H groups in total. The molecule has 6 nitrogen and oxygen atoms in total. The van der Waals surface area contributed by atoms with Gasteiger partial charge in [-0.25, -0.2) is 0 Å². The van der Waals surface area contributed by atoms with Gasteiger partial charge in [0.25, 0.3) is 0 Å². The number of rotatable bonds is 3. The fourth-order valence-electron chi connectivity index (χ4n) is 2.57. The van der Waals surface area contributed by atoms with Crippen molar-refractivity contribution in [1.82, 2.24) is 20.5 Å². The van der Waals surface area contributed by atoms with Crippen LogP contribution in [0.3, 0.4) is 0 Å². The van der Waals surface area contributed by atoms with Crippen LogP contribution in [0.5, 0.6) is 5.75 Å². The zero-order valence-electron chi connectivity index (χ0n) is 12.5. The van der Waals surface area contributed by atoms with Gasteiger partial charge in [0.15, 0.2) is 5.82 Å². The maximum Gasteiger partial charge on any atom is 0.245 e. The van der Waals surface area contributed by atoms with Gasteiger partial charge in [-0.15, -0.1) is 5.10 Å². The summed E-state index contributed by atoms with van der Waals surface area (Å²) in [6, 6.07) is 6.05. The van der Waals surface area contributed by atoms with Gasteiger partial charge in [-0.2, -0.15) is 4.98 Å². The Balaban J connectivity index is 1.89. The highest BCUT2D eigenvalue weighted by Gasteiger charge is 2.16. The van der Waals surface area contributed by atoms with E-state index in [1.807, 2.05) is 12.1 Å². The molecular formula is C15H21N5O. The third kappa shape index (κ3) is 3.00. The minimum atomic E-state index is 0.753. The van der Waals surface area contributed by atoms with Crippen molar-refractivity contribution < 1.29 is 4.74 Å². The van der Waals surface area contributed by atoms with Gasteiger partial charge in [0.2, 0.25) is 5.95 Å². The van der Waals surface area contributed by atoms with Gasteiger partial charge in [-0.05, 0) is 32.0 Å². The third-order valence-corrected chi connectivity index (χ3v) is 3.71. The Labute approximate surface area is 124 Å². The van der Waals surface area contributed by atoms with Crippen LogP contribution in [-0.2, 0) is 0 Å². The number of H-pyrrole nitrogens is 1. The second-order valence-electron chi connectivity index (χ2n) is 5.28. The van der Waals surface area contributed by atoms with E-state index in [0.717, 1.165) is 55.7 Å². The molecule has 0 aliphatic carbocycles. The number of hydrogen-bond donors (Lipinski definition) is 2. The molecule has 0 unspecified atom stereocenters. The standard InChI is InChI=1S/C15H21N5O/c1-11-4-5-13(21-2)12(10-11)14-17-15(19-18-14)20-8-3-6-16-7-9-20/h4-5,10,16H,3,6-9H2,1-2H3,(H,17,18,19). The van der Waals surface area contributed by atoms with Gasteiger partial charge in [-0.3, -0.25) is 5.10 Å². The average molecular weight is 287 g/mol. The highest BCUT2D eigenvalue weighted by atomic mass is 16.5. The molecule has 1 fully saturated rings. The number of nitrogens with zero attached hydrogens (tertiary/aromatic N) is 3. The van der Waals surface area contributed by atoms with E-state index < -0.39 is 0 Å². The smallest absolute Gasteiger partial charge is 0.245 e. The van der Waals surface area contributed by atoms with Crippen molar-refractivity contribution in [3.05, 3.63) is 23.8 Å². The van der Waals surface area contributed by atoms with Gasteiger partial charge < -0.3 is 15.0 Å². The Kier molecular flexibility index (Phi) is 4.06. The molecule has 2 aromatic rings. The van der Waals surface area contributed by atoms with Crippen LogP contribution in [0.25, 0.3) is 11.4 Å². The van der Waals surface area contributed by atoms with Gasteiger partial charge >= 0.3 is 0 Å². The summed E-state index contributed by atoms with van der Waals surface area (Å²) in [4.78, 5) is 6.86. The van der Waals surface area contributed by atoms with E-state index in [9.17, 15) is 0 Å². The molecule has 21 heavy (non-hydrogen) atoms. The van der Waals surface area contributed by atoms with Crippen molar-refractivity contribution in [3.63, 3.8) is 0 Å². The predicted octanol–water partition coefficient (Wildman–Crippen LogP) is 1.59. The zero-order valence-corrected chi connectivity index (χ0v) is 12.5. The van der Waals surface area contributed by atoms with Crippen LogP contribution in [-0.4, -0.2) is 48.5 Å². The van der Waals surface area contributed by atoms with E-state index in [-0.39, 0.29) is 0 Å². The van der Waals surface area contributed by atoms with Crippen LogP contribution in [0.4, 0.5) is 5.95 Å². The first-order valence-corrected chi connectivity index (χ1v) is 7.31. The van der Waals surface area contributed by atoms with Crippen LogP contribution < -0.4 is 15.0 Å². The number of anilines is 1. The second kappa shape index (κ2) is 6.13. The molecular weight excluding hydrogens is 266 g/mol. The van der Waals surface area contributed by atoms with Crippen LogP contribution in [0.15, 0.2) is 18.2 Å². The van der Waals surface area contributed by atoms with Crippen LogP contribution in [0.1, 0.15) is 12.0 Å². The van der Waals surface area contributed by atoms with Crippen molar-refractivity contribution in [1.29, 1.82) is 0 Å². The lowest BCUT2D eigenvalue weighted by atomic mass is 10.1. The van der Waals surface area contributed by atoms with Crippen molar-refractivity contribution in [2.24, 2.45) is 0 Å². The van der Waals surface area contributed by atoms with E-state index in [2.05, 4.69) is 38.4 Å². The fourth-order valence-corrected chi connectivity index (χ4v) is 2.57. The topological polar surface area (TPSA) is 66.1 Å². The summed E-state index contributed by atoms with van der Waals surface area (Å²) in [6.07, 6.45) is 1.11. The summed E-state index contributed by atoms with van der Waals surface area (Å²) in [5.41, 5.74) is 2.12. The Bertz CT molecular complexity index is 602. The summed E-state index contributed by atoms with van der Waals surface area (Å²) in [5.74, 6) is 2.32. The number of ether oxygens (including phenoxy) is 1. The van der Waals surface area contributed by atoms with E-state index >= 15 is 0 Å². The van der Waals surface area contributed by atoms with Crippen LogP contribution in [0.2, 0.25) is 0 Å². The number of aryl methyl sites for hydroxylation is 1. The molecule has 0 spiro atoms. The molecule has 1 saturated heterocycles. The fraction of sp³-hybridized carbons (Fsp3) is 0.467. The highest BCUT2D eigenvalue weighted by molar-refractivity contribution is 5.65. The number of hydrogen-bond acceptors (Lipinski definition) is 5. The minimum absolute atomic E-state index is 0.753. The molecule has 0 radical (unpaired) electrons. The zero-order chi connectivity index (χ0) is 14.7. The highest BCUT2D eigenvalue weighted by Crippen LogP contribution is 2.29. The number of benzene rings is 1. The molecule has 1 aliphatic heterocycles. The molecule has 0 saturated carbocycles. The van der Waals surface area contributed by atoms with E-state index in [1.165, 1.54) is 5.56 Å². The maximum absolute atomic E-state index is 5.42. The monoisotopic (exact) mass is 287 g/mol. The molecule has 6 heteroatoms. The Morgan fingerprint density at radius 2 is 2.14 bits per heavy atom. The maximum atomic E-state index is 5.42. The molecule has 3 rings (SSSR count). The molecule has 0 atom stereocenters. The van der Waals surface area contributed by atoms with E-state index in [0.29, 0.717) is 0 Å². The van der Waals surface area contributed by atoms with Gasteiger partial charge in [-0.1, -0.05) is 11.6 Å². The molecule has 2 heterocycles. The molecule has 1 aromatic heterocycles. The summed E-state index contributed by atoms with van der Waals surface area (Å²) >= 11 is 0. The number of nitrogens with one attached hydrogen (secondary N) is 2. The second-order valence-corrected chi connectivity index (χ2v) is 5.28. The Morgan fingerprint density at radius 1 is 1.24 bits per heavy atom. The van der Waals surface area contributed by atoms with Gasteiger partial charge in [0, 0.05) is 19.6 Å². The van der Waals surface area contributed by atoms with Crippen molar-refractivity contribution >= 4 is 5.95 Å². The lowest BCUT2D eigenvalue weighted by Crippen LogP contribution is -2.28. The van der Waals surface area contributed by atoms with E-state index in [1.54, 1.807) is 7.11 Å². The van der Waals surface area contributed by atoms with E-state index in [4.69, 9.17) is 4.74 Å². The SMILES string of the molecule is COc1ccc(C)cc1-c1nc(N2CCCNCC2)n[nH]1. The summed E-state index contributed by atoms with van der Waals surface area (Å²) in [7, 11) is 1.67. The summed E-state index contributed by atoms with van der Waals surface area (Å²) < 4.78 is 5.42. The molecule has 1 aromatic carbocycles. The van der Waals surface area contributed by atoms with Crippen LogP contribution in [0, 0.1) is 6.92 Å². The molecule has 112 valence electrons. The van der Waals surface area contributed by atoms with Gasteiger partial charge in [0.1, 0.15) is 5.75 Å².